The third-order valence-electron chi connectivity index (χ3n) is 2.45. The van der Waals surface area contributed by atoms with E-state index in [-0.39, 0.29) is 12.4 Å². The van der Waals surface area contributed by atoms with E-state index in [1.165, 1.54) is 6.07 Å². The normalized spacial score (nSPS) is 10.4. The van der Waals surface area contributed by atoms with Crippen LogP contribution in [0.15, 0.2) is 36.7 Å². The number of aromatic nitrogens is 1. The van der Waals surface area contributed by atoms with Crippen LogP contribution in [0.3, 0.4) is 0 Å². The molecule has 0 saturated carbocycles. The molecule has 16 heavy (non-hydrogen) atoms. The number of aliphatic hydroxyl groups is 1. The number of pyridine rings is 1. The van der Waals surface area contributed by atoms with Gasteiger partial charge in [-0.3, -0.25) is 4.98 Å². The van der Waals surface area contributed by atoms with Gasteiger partial charge in [0.15, 0.2) is 0 Å². The number of aryl methyl sites for hydroxylation is 1. The van der Waals surface area contributed by atoms with Crippen molar-refractivity contribution < 1.29 is 9.50 Å². The second-order valence-electron chi connectivity index (χ2n) is 3.71. The molecule has 1 heterocycles. The van der Waals surface area contributed by atoms with Crippen molar-refractivity contribution in [2.24, 2.45) is 0 Å². The quantitative estimate of drug-likeness (QED) is 0.839. The zero-order valence-corrected chi connectivity index (χ0v) is 8.94. The molecule has 0 aliphatic carbocycles. The molecule has 2 nitrogen and oxygen atoms in total. The minimum absolute atomic E-state index is 0.0634. The number of nitrogens with zero attached hydrogens (tertiary/aromatic N) is 1. The Morgan fingerprint density at radius 2 is 2.06 bits per heavy atom. The lowest BCUT2D eigenvalue weighted by Crippen LogP contribution is -1.92. The Morgan fingerprint density at radius 1 is 1.25 bits per heavy atom. The maximum Gasteiger partial charge on any atom is 0.142 e. The van der Waals surface area contributed by atoms with Crippen LogP contribution in [-0.4, -0.2) is 10.1 Å². The van der Waals surface area contributed by atoms with Crippen LogP contribution < -0.4 is 0 Å². The van der Waals surface area contributed by atoms with Gasteiger partial charge in [0.1, 0.15) is 5.82 Å². The van der Waals surface area contributed by atoms with Gasteiger partial charge >= 0.3 is 0 Å². The van der Waals surface area contributed by atoms with Gasteiger partial charge in [0.25, 0.3) is 0 Å². The van der Waals surface area contributed by atoms with E-state index in [0.29, 0.717) is 5.56 Å². The van der Waals surface area contributed by atoms with E-state index in [1.54, 1.807) is 6.20 Å². The predicted molar refractivity (Wildman–Crippen MR) is 60.3 cm³/mol. The summed E-state index contributed by atoms with van der Waals surface area (Å²) in [4.78, 5) is 3.81. The summed E-state index contributed by atoms with van der Waals surface area (Å²) in [5.74, 6) is -0.372. The summed E-state index contributed by atoms with van der Waals surface area (Å²) < 4.78 is 13.1. The highest BCUT2D eigenvalue weighted by atomic mass is 19.1. The van der Waals surface area contributed by atoms with Crippen LogP contribution in [0.1, 0.15) is 11.1 Å². The van der Waals surface area contributed by atoms with Crippen molar-refractivity contribution >= 4 is 0 Å². The lowest BCUT2D eigenvalue weighted by Gasteiger charge is -2.08. The summed E-state index contributed by atoms with van der Waals surface area (Å²) in [6.45, 7) is 1.89. The third-order valence-corrected chi connectivity index (χ3v) is 2.45. The predicted octanol–water partition coefficient (Wildman–Crippen LogP) is 2.69. The standard InChI is InChI=1S/C13H12FNO/c1-9-2-3-10(8-16)13(4-9)11-5-12(14)7-15-6-11/h2-7,16H,8H2,1H3. The molecule has 0 unspecified atom stereocenters. The fourth-order valence-electron chi connectivity index (χ4n) is 1.66. The van der Waals surface area contributed by atoms with Crippen molar-refractivity contribution in [3.8, 4) is 11.1 Å². The molecule has 0 bridgehead atoms. The highest BCUT2D eigenvalue weighted by Crippen LogP contribution is 2.24. The molecular formula is C13H12FNO. The van der Waals surface area contributed by atoms with Crippen LogP contribution in [-0.2, 0) is 6.61 Å². The topological polar surface area (TPSA) is 33.1 Å². The van der Waals surface area contributed by atoms with E-state index in [0.717, 1.165) is 22.9 Å². The van der Waals surface area contributed by atoms with E-state index in [1.807, 2.05) is 25.1 Å². The second kappa shape index (κ2) is 4.41. The average Bonchev–Trinajstić information content (AvgIpc) is 2.29. The highest BCUT2D eigenvalue weighted by molar-refractivity contribution is 5.67. The van der Waals surface area contributed by atoms with Gasteiger partial charge in [0.2, 0.25) is 0 Å². The first-order valence-corrected chi connectivity index (χ1v) is 5.02. The molecule has 1 aromatic carbocycles. The van der Waals surface area contributed by atoms with Gasteiger partial charge < -0.3 is 5.11 Å². The molecule has 2 rings (SSSR count). The van der Waals surface area contributed by atoms with Crippen molar-refractivity contribution in [2.75, 3.05) is 0 Å². The molecule has 0 spiro atoms. The SMILES string of the molecule is Cc1ccc(CO)c(-c2cncc(F)c2)c1. The van der Waals surface area contributed by atoms with Crippen molar-refractivity contribution in [2.45, 2.75) is 13.5 Å². The lowest BCUT2D eigenvalue weighted by molar-refractivity contribution is 0.282. The first kappa shape index (κ1) is 10.8. The largest absolute Gasteiger partial charge is 0.392 e. The van der Waals surface area contributed by atoms with Crippen LogP contribution in [0.5, 0.6) is 0 Å². The molecule has 0 aliphatic heterocycles. The smallest absolute Gasteiger partial charge is 0.142 e. The Balaban J connectivity index is 2.58. The molecule has 0 radical (unpaired) electrons. The van der Waals surface area contributed by atoms with Crippen LogP contribution in [0.4, 0.5) is 4.39 Å². The molecule has 0 aliphatic rings. The second-order valence-corrected chi connectivity index (χ2v) is 3.71. The number of aliphatic hydroxyl groups excluding tert-OH is 1. The molecule has 1 N–H and O–H groups in total. The zero-order valence-electron chi connectivity index (χ0n) is 8.94. The minimum Gasteiger partial charge on any atom is -0.392 e. The summed E-state index contributed by atoms with van der Waals surface area (Å²) >= 11 is 0. The van der Waals surface area contributed by atoms with Crippen LogP contribution in [0, 0.1) is 12.7 Å². The molecule has 0 atom stereocenters. The van der Waals surface area contributed by atoms with E-state index in [9.17, 15) is 9.50 Å². The summed E-state index contributed by atoms with van der Waals surface area (Å²) in [6, 6.07) is 7.10. The van der Waals surface area contributed by atoms with E-state index < -0.39 is 0 Å². The molecule has 82 valence electrons. The Hall–Kier alpha value is -1.74. The van der Waals surface area contributed by atoms with Gasteiger partial charge in [-0.05, 0) is 24.1 Å². The van der Waals surface area contributed by atoms with Gasteiger partial charge in [-0.15, -0.1) is 0 Å². The first-order chi connectivity index (χ1) is 7.70. The Morgan fingerprint density at radius 3 is 2.75 bits per heavy atom. The molecule has 1 aromatic heterocycles. The molecule has 0 fully saturated rings. The lowest BCUT2D eigenvalue weighted by atomic mass is 9.99. The van der Waals surface area contributed by atoms with Crippen molar-refractivity contribution in [3.05, 3.63) is 53.6 Å². The van der Waals surface area contributed by atoms with Crippen LogP contribution in [0.2, 0.25) is 0 Å². The Kier molecular flexibility index (Phi) is 2.97. The Bertz CT molecular complexity index is 511. The Labute approximate surface area is 93.4 Å². The molecule has 2 aromatic rings. The maximum atomic E-state index is 13.1. The van der Waals surface area contributed by atoms with Gasteiger partial charge in [-0.25, -0.2) is 4.39 Å². The van der Waals surface area contributed by atoms with Crippen LogP contribution >= 0.6 is 0 Å². The molecule has 0 saturated heterocycles. The number of hydrogen-bond acceptors (Lipinski definition) is 2. The summed E-state index contributed by atoms with van der Waals surface area (Å²) in [5.41, 5.74) is 3.36. The van der Waals surface area contributed by atoms with Gasteiger partial charge in [0, 0.05) is 11.8 Å². The maximum absolute atomic E-state index is 13.1. The summed E-state index contributed by atoms with van der Waals surface area (Å²) in [6.07, 6.45) is 2.76. The number of rotatable bonds is 2. The zero-order chi connectivity index (χ0) is 11.5. The van der Waals surface area contributed by atoms with Gasteiger partial charge in [-0.2, -0.15) is 0 Å². The van der Waals surface area contributed by atoms with Gasteiger partial charge in [-0.1, -0.05) is 23.8 Å². The molecule has 0 amide bonds. The third kappa shape index (κ3) is 2.09. The number of halogens is 1. The number of benzene rings is 1. The average molecular weight is 217 g/mol. The molecular weight excluding hydrogens is 205 g/mol. The fraction of sp³-hybridized carbons (Fsp3) is 0.154. The van der Waals surface area contributed by atoms with Crippen LogP contribution in [0.25, 0.3) is 11.1 Å². The summed E-state index contributed by atoms with van der Waals surface area (Å²) in [5, 5.41) is 9.23. The fourth-order valence-corrected chi connectivity index (χ4v) is 1.66. The molecule has 3 heteroatoms. The van der Waals surface area contributed by atoms with E-state index in [2.05, 4.69) is 4.98 Å². The van der Waals surface area contributed by atoms with Gasteiger partial charge in [0.05, 0.1) is 12.8 Å². The monoisotopic (exact) mass is 217 g/mol. The highest BCUT2D eigenvalue weighted by Gasteiger charge is 2.06. The first-order valence-electron chi connectivity index (χ1n) is 5.02. The van der Waals surface area contributed by atoms with E-state index >= 15 is 0 Å². The minimum atomic E-state index is -0.372. The van der Waals surface area contributed by atoms with Crippen molar-refractivity contribution in [1.29, 1.82) is 0 Å². The summed E-state index contributed by atoms with van der Waals surface area (Å²) in [7, 11) is 0. The van der Waals surface area contributed by atoms with Crippen molar-refractivity contribution in [3.63, 3.8) is 0 Å². The van der Waals surface area contributed by atoms with E-state index in [4.69, 9.17) is 0 Å². The number of hydrogen-bond donors (Lipinski definition) is 1. The van der Waals surface area contributed by atoms with Crippen molar-refractivity contribution in [1.82, 2.24) is 4.98 Å².